The number of hydrogen-bond acceptors (Lipinski definition) is 2. The van der Waals surface area contributed by atoms with Gasteiger partial charge in [0.1, 0.15) is 6.54 Å². The van der Waals surface area contributed by atoms with Crippen LogP contribution < -0.4 is 5.73 Å². The largest absolute Gasteiger partial charge is 0.368 e. The number of carbonyl (C=O) groups excluding carboxylic acids is 2. The zero-order chi connectivity index (χ0) is 11.3. The van der Waals surface area contributed by atoms with Gasteiger partial charge in [-0.2, -0.15) is 0 Å². The first-order valence-electron chi connectivity index (χ1n) is 5.47. The Labute approximate surface area is 90.2 Å². The maximum atomic E-state index is 11.9. The Kier molecular flexibility index (Phi) is 4.39. The standard InChI is InChI=1S/C10H19N3O2/c1-2-12(8-9(11)14)10(15)13-6-4-3-5-7-13/h2-8H2,1H3,(H2,11,14). The van der Waals surface area contributed by atoms with Crippen LogP contribution in [0.4, 0.5) is 4.79 Å². The van der Waals surface area contributed by atoms with Crippen molar-refractivity contribution in [2.75, 3.05) is 26.2 Å². The van der Waals surface area contributed by atoms with Crippen molar-refractivity contribution in [3.63, 3.8) is 0 Å². The van der Waals surface area contributed by atoms with Crippen LogP contribution in [0.1, 0.15) is 26.2 Å². The minimum Gasteiger partial charge on any atom is -0.368 e. The molecule has 86 valence electrons. The second kappa shape index (κ2) is 5.58. The van der Waals surface area contributed by atoms with E-state index in [0.717, 1.165) is 25.9 Å². The molecule has 0 aromatic heterocycles. The molecular weight excluding hydrogens is 194 g/mol. The summed E-state index contributed by atoms with van der Waals surface area (Å²) in [5.41, 5.74) is 5.08. The Morgan fingerprint density at radius 3 is 2.33 bits per heavy atom. The van der Waals surface area contributed by atoms with Gasteiger partial charge in [-0.3, -0.25) is 4.79 Å². The summed E-state index contributed by atoms with van der Waals surface area (Å²) in [6, 6.07) is -0.0593. The number of urea groups is 1. The van der Waals surface area contributed by atoms with Gasteiger partial charge in [0, 0.05) is 19.6 Å². The number of amides is 3. The number of likely N-dealkylation sites (tertiary alicyclic amines) is 1. The molecule has 0 unspecified atom stereocenters. The van der Waals surface area contributed by atoms with Crippen LogP contribution in [0.2, 0.25) is 0 Å². The van der Waals surface area contributed by atoms with E-state index in [0.29, 0.717) is 6.54 Å². The highest BCUT2D eigenvalue weighted by molar-refractivity contribution is 5.83. The topological polar surface area (TPSA) is 66.6 Å². The van der Waals surface area contributed by atoms with Crippen molar-refractivity contribution in [3.05, 3.63) is 0 Å². The number of nitrogens with zero attached hydrogens (tertiary/aromatic N) is 2. The molecule has 1 aliphatic heterocycles. The average Bonchev–Trinajstić information content (AvgIpc) is 2.26. The van der Waals surface area contributed by atoms with Gasteiger partial charge in [0.25, 0.3) is 0 Å². The predicted octanol–water partition coefficient (Wildman–Crippen LogP) is 0.399. The van der Waals surface area contributed by atoms with Crippen molar-refractivity contribution < 1.29 is 9.59 Å². The molecule has 0 bridgehead atoms. The lowest BCUT2D eigenvalue weighted by molar-refractivity contribution is -0.118. The third-order valence-corrected chi connectivity index (χ3v) is 2.63. The maximum Gasteiger partial charge on any atom is 0.320 e. The molecule has 15 heavy (non-hydrogen) atoms. The van der Waals surface area contributed by atoms with Crippen LogP contribution in [0.5, 0.6) is 0 Å². The predicted molar refractivity (Wildman–Crippen MR) is 57.3 cm³/mol. The summed E-state index contributed by atoms with van der Waals surface area (Å²) in [5, 5.41) is 0. The third kappa shape index (κ3) is 3.42. The highest BCUT2D eigenvalue weighted by Gasteiger charge is 2.22. The Morgan fingerprint density at radius 2 is 1.87 bits per heavy atom. The van der Waals surface area contributed by atoms with Crippen LogP contribution in [-0.4, -0.2) is 47.9 Å². The second-order valence-corrected chi connectivity index (χ2v) is 3.81. The summed E-state index contributed by atoms with van der Waals surface area (Å²) < 4.78 is 0. The highest BCUT2D eigenvalue weighted by Crippen LogP contribution is 2.10. The normalized spacial score (nSPS) is 16.2. The zero-order valence-electron chi connectivity index (χ0n) is 9.24. The number of piperidine rings is 1. The molecule has 0 saturated carbocycles. The van der Waals surface area contributed by atoms with Crippen molar-refractivity contribution in [1.29, 1.82) is 0 Å². The molecule has 1 heterocycles. The van der Waals surface area contributed by atoms with E-state index in [1.54, 1.807) is 4.90 Å². The quantitative estimate of drug-likeness (QED) is 0.737. The molecule has 1 fully saturated rings. The number of nitrogens with two attached hydrogens (primary N) is 1. The number of rotatable bonds is 3. The smallest absolute Gasteiger partial charge is 0.320 e. The third-order valence-electron chi connectivity index (χ3n) is 2.63. The zero-order valence-corrected chi connectivity index (χ0v) is 9.24. The maximum absolute atomic E-state index is 11.9. The van der Waals surface area contributed by atoms with E-state index in [1.165, 1.54) is 11.3 Å². The number of likely N-dealkylation sites (N-methyl/N-ethyl adjacent to an activating group) is 1. The van der Waals surface area contributed by atoms with E-state index in [4.69, 9.17) is 5.73 Å². The molecule has 0 aromatic carbocycles. The number of primary amides is 1. The fourth-order valence-corrected chi connectivity index (χ4v) is 1.79. The summed E-state index contributed by atoms with van der Waals surface area (Å²) in [6.07, 6.45) is 3.30. The molecule has 5 heteroatoms. The van der Waals surface area contributed by atoms with E-state index in [9.17, 15) is 9.59 Å². The van der Waals surface area contributed by atoms with Crippen LogP contribution in [-0.2, 0) is 4.79 Å². The van der Waals surface area contributed by atoms with Gasteiger partial charge in [0.05, 0.1) is 0 Å². The Morgan fingerprint density at radius 1 is 1.27 bits per heavy atom. The van der Waals surface area contributed by atoms with Gasteiger partial charge in [-0.1, -0.05) is 0 Å². The first-order valence-corrected chi connectivity index (χ1v) is 5.47. The molecule has 0 aliphatic carbocycles. The number of carbonyl (C=O) groups is 2. The van der Waals surface area contributed by atoms with Gasteiger partial charge in [0.15, 0.2) is 0 Å². The van der Waals surface area contributed by atoms with Crippen molar-refractivity contribution in [3.8, 4) is 0 Å². The molecule has 0 spiro atoms. The monoisotopic (exact) mass is 213 g/mol. The van der Waals surface area contributed by atoms with Crippen LogP contribution in [0.15, 0.2) is 0 Å². The SMILES string of the molecule is CCN(CC(N)=O)C(=O)N1CCCCC1. The van der Waals surface area contributed by atoms with Gasteiger partial charge < -0.3 is 15.5 Å². The van der Waals surface area contributed by atoms with Crippen molar-refractivity contribution in [2.45, 2.75) is 26.2 Å². The minimum atomic E-state index is -0.456. The Balaban J connectivity index is 2.50. The van der Waals surface area contributed by atoms with Gasteiger partial charge >= 0.3 is 6.03 Å². The van der Waals surface area contributed by atoms with Gasteiger partial charge in [-0.05, 0) is 26.2 Å². The molecule has 0 aromatic rings. The molecule has 2 N–H and O–H groups in total. The lowest BCUT2D eigenvalue weighted by atomic mass is 10.1. The highest BCUT2D eigenvalue weighted by atomic mass is 16.2. The van der Waals surface area contributed by atoms with E-state index in [-0.39, 0.29) is 12.6 Å². The van der Waals surface area contributed by atoms with Crippen LogP contribution >= 0.6 is 0 Å². The average molecular weight is 213 g/mol. The lowest BCUT2D eigenvalue weighted by Crippen LogP contribution is -2.48. The number of hydrogen-bond donors (Lipinski definition) is 1. The molecular formula is C10H19N3O2. The molecule has 1 aliphatic rings. The van der Waals surface area contributed by atoms with E-state index in [1.807, 2.05) is 6.92 Å². The molecule has 1 rings (SSSR count). The van der Waals surface area contributed by atoms with Crippen LogP contribution in [0, 0.1) is 0 Å². The Hall–Kier alpha value is -1.26. The van der Waals surface area contributed by atoms with Crippen molar-refractivity contribution in [2.24, 2.45) is 5.73 Å². The second-order valence-electron chi connectivity index (χ2n) is 3.81. The summed E-state index contributed by atoms with van der Waals surface area (Å²) in [5.74, 6) is -0.456. The summed E-state index contributed by atoms with van der Waals surface area (Å²) in [6.45, 7) is 4.00. The van der Waals surface area contributed by atoms with Gasteiger partial charge in [-0.15, -0.1) is 0 Å². The van der Waals surface area contributed by atoms with Crippen LogP contribution in [0.25, 0.3) is 0 Å². The fourth-order valence-electron chi connectivity index (χ4n) is 1.79. The fraction of sp³-hybridized carbons (Fsp3) is 0.800. The molecule has 1 saturated heterocycles. The molecule has 0 atom stereocenters. The molecule has 5 nitrogen and oxygen atoms in total. The molecule has 3 amide bonds. The first-order chi connectivity index (χ1) is 7.15. The van der Waals surface area contributed by atoms with Crippen molar-refractivity contribution >= 4 is 11.9 Å². The van der Waals surface area contributed by atoms with Crippen LogP contribution in [0.3, 0.4) is 0 Å². The van der Waals surface area contributed by atoms with E-state index < -0.39 is 5.91 Å². The summed E-state index contributed by atoms with van der Waals surface area (Å²) in [4.78, 5) is 26.0. The first kappa shape index (κ1) is 11.8. The Bertz CT molecular complexity index is 237. The van der Waals surface area contributed by atoms with Gasteiger partial charge in [-0.25, -0.2) is 4.79 Å². The minimum absolute atomic E-state index is 0.0197. The van der Waals surface area contributed by atoms with E-state index in [2.05, 4.69) is 0 Å². The summed E-state index contributed by atoms with van der Waals surface area (Å²) >= 11 is 0. The van der Waals surface area contributed by atoms with E-state index >= 15 is 0 Å². The van der Waals surface area contributed by atoms with Crippen molar-refractivity contribution in [1.82, 2.24) is 9.80 Å². The van der Waals surface area contributed by atoms with Gasteiger partial charge in [0.2, 0.25) is 5.91 Å². The lowest BCUT2D eigenvalue weighted by Gasteiger charge is -2.31. The summed E-state index contributed by atoms with van der Waals surface area (Å²) in [7, 11) is 0. The molecule has 0 radical (unpaired) electrons.